The van der Waals surface area contributed by atoms with E-state index in [-0.39, 0.29) is 23.7 Å². The van der Waals surface area contributed by atoms with Crippen LogP contribution in [-0.2, 0) is 5.41 Å². The monoisotopic (exact) mass is 877 g/mol. The van der Waals surface area contributed by atoms with Crippen molar-refractivity contribution >= 4 is 49.4 Å². The van der Waals surface area contributed by atoms with Crippen molar-refractivity contribution in [2.75, 3.05) is 0 Å². The molecule has 0 fully saturated rings. The first-order chi connectivity index (χ1) is 33.5. The maximum Gasteiger partial charge on any atom is 0.109 e. The summed E-state index contributed by atoms with van der Waals surface area (Å²) >= 11 is 0. The summed E-state index contributed by atoms with van der Waals surface area (Å²) in [5.41, 5.74) is 15.7. The highest BCUT2D eigenvalue weighted by Crippen LogP contribution is 2.57. The van der Waals surface area contributed by atoms with Crippen molar-refractivity contribution in [3.05, 3.63) is 258 Å². The molecule has 0 radical (unpaired) electrons. The Morgan fingerprint density at radius 3 is 1.63 bits per heavy atom. The summed E-state index contributed by atoms with van der Waals surface area (Å²) in [5, 5.41) is 15.0. The van der Waals surface area contributed by atoms with E-state index in [9.17, 15) is 5.41 Å². The molecule has 1 N–H and O–H groups in total. The van der Waals surface area contributed by atoms with Crippen LogP contribution in [0.3, 0.4) is 0 Å². The minimum absolute atomic E-state index is 0.00880. The number of nitrogens with zero attached hydrogens (tertiary/aromatic N) is 2. The van der Waals surface area contributed by atoms with Gasteiger partial charge in [-0.05, 0) is 118 Å². The second-order valence-corrected chi connectivity index (χ2v) is 19.2. The van der Waals surface area contributed by atoms with Crippen LogP contribution < -0.4 is 0 Å². The molecule has 0 spiro atoms. The Morgan fingerprint density at radius 2 is 1.00 bits per heavy atom. The lowest BCUT2D eigenvalue weighted by molar-refractivity contribution is 0.340. The molecule has 11 aromatic rings. The summed E-state index contributed by atoms with van der Waals surface area (Å²) in [4.78, 5) is 0. The van der Waals surface area contributed by atoms with Crippen molar-refractivity contribution in [3.8, 4) is 16.8 Å². The zero-order chi connectivity index (χ0) is 45.9. The van der Waals surface area contributed by atoms with E-state index < -0.39 is 5.41 Å². The van der Waals surface area contributed by atoms with Crippen LogP contribution in [0.2, 0.25) is 0 Å². The van der Waals surface area contributed by atoms with Gasteiger partial charge in [-0.15, -0.1) is 0 Å². The van der Waals surface area contributed by atoms with Gasteiger partial charge in [-0.1, -0.05) is 203 Å². The van der Waals surface area contributed by atoms with Gasteiger partial charge in [0.25, 0.3) is 0 Å². The molecule has 4 unspecified atom stereocenters. The summed E-state index contributed by atoms with van der Waals surface area (Å²) in [6.07, 6.45) is 1.85. The van der Waals surface area contributed by atoms with Gasteiger partial charge < -0.3 is 4.57 Å². The van der Waals surface area contributed by atoms with Gasteiger partial charge in [-0.2, -0.15) is 0 Å². The number of aromatic nitrogens is 2. The lowest BCUT2D eigenvalue weighted by Gasteiger charge is -2.34. The fraction of sp³-hybridized carbons (Fsp3) is 0.154. The first kappa shape index (κ1) is 41.7. The average molecular weight is 878 g/mol. The molecule has 0 aliphatic heterocycles. The largest absolute Gasteiger partial charge is 0.309 e. The average Bonchev–Trinajstić information content (AvgIpc) is 4.01. The van der Waals surface area contributed by atoms with Gasteiger partial charge in [0.05, 0.1) is 27.5 Å². The zero-order valence-corrected chi connectivity index (χ0v) is 39.0. The first-order valence-electron chi connectivity index (χ1n) is 24.5. The number of hydrogen-bond donors (Lipinski definition) is 1. The van der Waals surface area contributed by atoms with Gasteiger partial charge in [0, 0.05) is 33.2 Å². The van der Waals surface area contributed by atoms with Crippen LogP contribution >= 0.6 is 0 Å². The number of nitrogens with one attached hydrogen (secondary N) is 1. The van der Waals surface area contributed by atoms with E-state index >= 15 is 0 Å². The van der Waals surface area contributed by atoms with E-state index in [2.05, 4.69) is 254 Å². The second kappa shape index (κ2) is 16.8. The van der Waals surface area contributed by atoms with Crippen molar-refractivity contribution in [2.45, 2.75) is 50.9 Å². The Morgan fingerprint density at radius 1 is 0.471 bits per heavy atom. The molecule has 3 heteroatoms. The second-order valence-electron chi connectivity index (χ2n) is 19.2. The lowest BCUT2D eigenvalue weighted by Crippen LogP contribution is -2.31. The third-order valence-corrected chi connectivity index (χ3v) is 15.5. The molecule has 2 heterocycles. The highest BCUT2D eigenvalue weighted by atomic mass is 15.0. The third-order valence-electron chi connectivity index (χ3n) is 15.5. The molecule has 9 aromatic carbocycles. The minimum Gasteiger partial charge on any atom is -0.309 e. The zero-order valence-electron chi connectivity index (χ0n) is 39.0. The maximum atomic E-state index is 10.1. The highest BCUT2D eigenvalue weighted by molar-refractivity contribution is 6.14. The topological polar surface area (TPSA) is 33.7 Å². The molecule has 1 aliphatic carbocycles. The van der Waals surface area contributed by atoms with Crippen molar-refractivity contribution < 1.29 is 0 Å². The molecule has 0 saturated heterocycles. The Bertz CT molecular complexity index is 3560. The Hall–Kier alpha value is -7.75. The Balaban J connectivity index is 0.957. The quantitative estimate of drug-likeness (QED) is 0.0992. The lowest BCUT2D eigenvalue weighted by atomic mass is 9.67. The summed E-state index contributed by atoms with van der Waals surface area (Å²) in [5.74, 6) is 1.39. The molecule has 12 rings (SSSR count). The SMILES string of the molecule is CCC(C(=N)n1c2ccccc2c2ccccc21)C(c1ccccc1)C(C)CC(C)c1cccc(-n2c3ccccc3c3cc4c(cc32)C(c2ccccc2)(c2ccccc2)c2ccccc2-4)c1. The van der Waals surface area contributed by atoms with E-state index in [1.165, 1.54) is 82.8 Å². The molecular formula is C65H55N3. The molecular weight excluding hydrogens is 823 g/mol. The van der Waals surface area contributed by atoms with E-state index in [0.29, 0.717) is 5.84 Å². The van der Waals surface area contributed by atoms with Crippen LogP contribution in [-0.4, -0.2) is 15.0 Å². The van der Waals surface area contributed by atoms with Gasteiger partial charge in [0.2, 0.25) is 0 Å². The fourth-order valence-corrected chi connectivity index (χ4v) is 12.6. The molecule has 0 bridgehead atoms. The van der Waals surface area contributed by atoms with Crippen molar-refractivity contribution in [1.82, 2.24) is 9.13 Å². The Labute approximate surface area is 399 Å². The molecule has 330 valence electrons. The summed E-state index contributed by atoms with van der Waals surface area (Å²) in [7, 11) is 0. The van der Waals surface area contributed by atoms with Gasteiger partial charge in [-0.3, -0.25) is 9.98 Å². The normalized spacial score (nSPS) is 14.8. The predicted octanol–water partition coefficient (Wildman–Crippen LogP) is 16.7. The summed E-state index contributed by atoms with van der Waals surface area (Å²) in [6.45, 7) is 7.10. The van der Waals surface area contributed by atoms with Gasteiger partial charge in [0.15, 0.2) is 0 Å². The summed E-state index contributed by atoms with van der Waals surface area (Å²) in [6, 6.07) is 82.8. The van der Waals surface area contributed by atoms with E-state index in [1.807, 2.05) is 0 Å². The van der Waals surface area contributed by atoms with Crippen LogP contribution in [0.25, 0.3) is 60.4 Å². The van der Waals surface area contributed by atoms with Crippen molar-refractivity contribution in [3.63, 3.8) is 0 Å². The number of hydrogen-bond acceptors (Lipinski definition) is 1. The van der Waals surface area contributed by atoms with Gasteiger partial charge in [0.1, 0.15) is 5.84 Å². The van der Waals surface area contributed by atoms with E-state index in [1.54, 1.807) is 0 Å². The third kappa shape index (κ3) is 6.43. The minimum atomic E-state index is -0.486. The van der Waals surface area contributed by atoms with Crippen molar-refractivity contribution in [2.24, 2.45) is 11.8 Å². The molecule has 3 nitrogen and oxygen atoms in total. The number of rotatable bonds is 11. The van der Waals surface area contributed by atoms with Gasteiger partial charge in [-0.25, -0.2) is 0 Å². The van der Waals surface area contributed by atoms with Crippen LogP contribution in [0.15, 0.2) is 224 Å². The number of benzene rings is 9. The van der Waals surface area contributed by atoms with Crippen LogP contribution in [0, 0.1) is 17.2 Å². The standard InChI is InChI=1S/C65H55N3/c1-4-50(64(66)68-60-37-20-15-32-52(60)53-33-16-21-38-61(53)68)63(45-23-8-5-9-24-45)44(3)39-43(2)46-25-22-30-49(40-46)67-59-36-19-17-34-54(59)56-41-55-51-31-14-18-35-57(51)65(58(55)42-62(56)67,47-26-10-6-11-27-47)48-28-12-7-13-29-48/h5-38,40-44,50,63,66H,4,39H2,1-3H3. The summed E-state index contributed by atoms with van der Waals surface area (Å²) < 4.78 is 4.75. The maximum absolute atomic E-state index is 10.1. The smallest absolute Gasteiger partial charge is 0.109 e. The molecule has 2 aromatic heterocycles. The van der Waals surface area contributed by atoms with Crippen LogP contribution in [0.4, 0.5) is 0 Å². The van der Waals surface area contributed by atoms with Crippen LogP contribution in [0.5, 0.6) is 0 Å². The highest BCUT2D eigenvalue weighted by Gasteiger charge is 2.46. The molecule has 4 atom stereocenters. The number of para-hydroxylation sites is 3. The van der Waals surface area contributed by atoms with Gasteiger partial charge >= 0.3 is 0 Å². The molecule has 0 amide bonds. The molecule has 68 heavy (non-hydrogen) atoms. The van der Waals surface area contributed by atoms with Crippen molar-refractivity contribution in [1.29, 1.82) is 5.41 Å². The van der Waals surface area contributed by atoms with E-state index in [0.717, 1.165) is 23.9 Å². The Kier molecular flexibility index (Phi) is 10.3. The predicted molar refractivity (Wildman–Crippen MR) is 286 cm³/mol. The first-order valence-corrected chi connectivity index (χ1v) is 24.5. The fourth-order valence-electron chi connectivity index (χ4n) is 12.6. The van der Waals surface area contributed by atoms with E-state index in [4.69, 9.17) is 0 Å². The molecule has 1 aliphatic rings. The number of fused-ring (bicyclic) bond motifs is 9. The van der Waals surface area contributed by atoms with Crippen LogP contribution in [0.1, 0.15) is 78.8 Å². The molecule has 0 saturated carbocycles.